The Kier molecular flexibility index (Phi) is 4.27. The Morgan fingerprint density at radius 3 is 3.04 bits per heavy atom. The van der Waals surface area contributed by atoms with E-state index in [2.05, 4.69) is 20.8 Å². The molecule has 1 aliphatic rings. The van der Waals surface area contributed by atoms with Crippen LogP contribution in [0, 0.1) is 12.7 Å². The Morgan fingerprint density at radius 1 is 1.52 bits per heavy atom. The van der Waals surface area contributed by atoms with Crippen molar-refractivity contribution in [2.45, 2.75) is 45.2 Å². The third-order valence-electron chi connectivity index (χ3n) is 4.09. The fourth-order valence-corrected chi connectivity index (χ4v) is 2.92. The second-order valence-corrected chi connectivity index (χ2v) is 5.65. The zero-order valence-electron chi connectivity index (χ0n) is 13.1. The molecule has 1 aromatic carbocycles. The highest BCUT2D eigenvalue weighted by molar-refractivity contribution is 5.75. The van der Waals surface area contributed by atoms with E-state index in [-0.39, 0.29) is 23.9 Å². The van der Waals surface area contributed by atoms with Gasteiger partial charge in [-0.05, 0) is 36.5 Å². The molecule has 7 heteroatoms. The van der Waals surface area contributed by atoms with Crippen molar-refractivity contribution in [1.82, 2.24) is 20.8 Å². The van der Waals surface area contributed by atoms with Crippen molar-refractivity contribution in [1.29, 1.82) is 0 Å². The van der Waals surface area contributed by atoms with Gasteiger partial charge in [0.25, 0.3) is 0 Å². The molecule has 1 aromatic heterocycles. The minimum absolute atomic E-state index is 0.176. The number of amides is 2. The molecule has 2 N–H and O–H groups in total. The summed E-state index contributed by atoms with van der Waals surface area (Å²) >= 11 is 0. The van der Waals surface area contributed by atoms with Crippen LogP contribution in [0.5, 0.6) is 0 Å². The third-order valence-corrected chi connectivity index (χ3v) is 4.09. The van der Waals surface area contributed by atoms with Gasteiger partial charge in [0, 0.05) is 6.92 Å². The molecule has 0 saturated heterocycles. The van der Waals surface area contributed by atoms with Crippen LogP contribution in [0.2, 0.25) is 0 Å². The van der Waals surface area contributed by atoms with Crippen LogP contribution in [0.3, 0.4) is 0 Å². The largest absolute Gasteiger partial charge is 0.340 e. The standard InChI is InChI=1S/C16H19FN4O2/c1-3-13(15-18-9(2)23-21-15)19-16(22)20-14-8-7-10-11(14)5-4-6-12(10)17/h4-6,13-14H,3,7-8H2,1-2H3,(H2,19,20,22)/t13-,14+/m0/s1. The van der Waals surface area contributed by atoms with Crippen LogP contribution < -0.4 is 10.6 Å². The molecule has 0 bridgehead atoms. The minimum atomic E-state index is -0.319. The van der Waals surface area contributed by atoms with Gasteiger partial charge >= 0.3 is 6.03 Å². The van der Waals surface area contributed by atoms with Crippen LogP contribution >= 0.6 is 0 Å². The number of aromatic nitrogens is 2. The maximum atomic E-state index is 13.7. The number of halogens is 1. The van der Waals surface area contributed by atoms with E-state index in [0.29, 0.717) is 36.5 Å². The predicted molar refractivity (Wildman–Crippen MR) is 81.2 cm³/mol. The summed E-state index contributed by atoms with van der Waals surface area (Å²) in [5.74, 6) is 0.708. The van der Waals surface area contributed by atoms with Gasteiger partial charge in [0.2, 0.25) is 5.89 Å². The molecule has 0 aliphatic heterocycles. The average Bonchev–Trinajstić information content (AvgIpc) is 3.13. The van der Waals surface area contributed by atoms with Crippen LogP contribution in [0.4, 0.5) is 9.18 Å². The van der Waals surface area contributed by atoms with Crippen molar-refractivity contribution in [3.05, 3.63) is 46.9 Å². The molecule has 0 saturated carbocycles. The van der Waals surface area contributed by atoms with Gasteiger partial charge in [0.05, 0.1) is 12.1 Å². The van der Waals surface area contributed by atoms with Crippen LogP contribution in [-0.4, -0.2) is 16.2 Å². The van der Waals surface area contributed by atoms with Gasteiger partial charge in [-0.3, -0.25) is 0 Å². The molecule has 6 nitrogen and oxygen atoms in total. The first-order valence-electron chi connectivity index (χ1n) is 7.73. The van der Waals surface area contributed by atoms with E-state index in [1.807, 2.05) is 13.0 Å². The Balaban J connectivity index is 1.65. The molecule has 0 spiro atoms. The first-order chi connectivity index (χ1) is 11.1. The van der Waals surface area contributed by atoms with E-state index in [4.69, 9.17) is 4.52 Å². The molecule has 2 atom stereocenters. The third kappa shape index (κ3) is 3.18. The van der Waals surface area contributed by atoms with Crippen molar-refractivity contribution in [3.63, 3.8) is 0 Å². The van der Waals surface area contributed by atoms with E-state index in [1.165, 1.54) is 6.07 Å². The second kappa shape index (κ2) is 6.36. The summed E-state index contributed by atoms with van der Waals surface area (Å²) < 4.78 is 18.7. The number of fused-ring (bicyclic) bond motifs is 1. The molecule has 2 aromatic rings. The monoisotopic (exact) mass is 318 g/mol. The van der Waals surface area contributed by atoms with Gasteiger partial charge in [0.1, 0.15) is 5.82 Å². The van der Waals surface area contributed by atoms with E-state index in [9.17, 15) is 9.18 Å². The number of benzene rings is 1. The van der Waals surface area contributed by atoms with Crippen molar-refractivity contribution in [2.75, 3.05) is 0 Å². The molecule has 0 fully saturated rings. The Hall–Kier alpha value is -2.44. The molecule has 0 unspecified atom stereocenters. The maximum absolute atomic E-state index is 13.7. The van der Waals surface area contributed by atoms with Gasteiger partial charge in [0.15, 0.2) is 5.82 Å². The number of rotatable bonds is 4. The molecule has 23 heavy (non-hydrogen) atoms. The summed E-state index contributed by atoms with van der Waals surface area (Å²) in [4.78, 5) is 16.4. The van der Waals surface area contributed by atoms with E-state index in [0.717, 1.165) is 5.56 Å². The summed E-state index contributed by atoms with van der Waals surface area (Å²) in [6.45, 7) is 3.63. The summed E-state index contributed by atoms with van der Waals surface area (Å²) in [5.41, 5.74) is 1.54. The summed E-state index contributed by atoms with van der Waals surface area (Å²) in [7, 11) is 0. The number of hydrogen-bond donors (Lipinski definition) is 2. The van der Waals surface area contributed by atoms with Crippen molar-refractivity contribution in [3.8, 4) is 0 Å². The van der Waals surface area contributed by atoms with Crippen LogP contribution in [0.1, 0.15) is 54.7 Å². The number of hydrogen-bond acceptors (Lipinski definition) is 4. The molecular formula is C16H19FN4O2. The number of nitrogens with zero attached hydrogens (tertiary/aromatic N) is 2. The molecule has 0 radical (unpaired) electrons. The number of urea groups is 1. The lowest BCUT2D eigenvalue weighted by Gasteiger charge is -2.18. The lowest BCUT2D eigenvalue weighted by atomic mass is 10.1. The van der Waals surface area contributed by atoms with Crippen molar-refractivity contribution in [2.24, 2.45) is 0 Å². The first-order valence-corrected chi connectivity index (χ1v) is 7.73. The molecule has 2 amide bonds. The summed E-state index contributed by atoms with van der Waals surface area (Å²) in [6, 6.07) is 4.17. The molecule has 3 rings (SSSR count). The van der Waals surface area contributed by atoms with Crippen LogP contribution in [-0.2, 0) is 6.42 Å². The molecule has 1 aliphatic carbocycles. The van der Waals surface area contributed by atoms with Gasteiger partial charge in [-0.25, -0.2) is 9.18 Å². The first kappa shape index (κ1) is 15.5. The highest BCUT2D eigenvalue weighted by atomic mass is 19.1. The molecule has 122 valence electrons. The summed E-state index contributed by atoms with van der Waals surface area (Å²) in [5, 5.41) is 9.58. The quantitative estimate of drug-likeness (QED) is 0.908. The lowest BCUT2D eigenvalue weighted by molar-refractivity contribution is 0.232. The topological polar surface area (TPSA) is 80.0 Å². The zero-order chi connectivity index (χ0) is 16.4. The lowest BCUT2D eigenvalue weighted by Crippen LogP contribution is -2.39. The fraction of sp³-hybridized carbons (Fsp3) is 0.438. The van der Waals surface area contributed by atoms with Crippen molar-refractivity contribution < 1.29 is 13.7 Å². The Labute approximate surface area is 133 Å². The van der Waals surface area contributed by atoms with Gasteiger partial charge < -0.3 is 15.2 Å². The molecular weight excluding hydrogens is 299 g/mol. The normalized spacial score (nSPS) is 17.6. The van der Waals surface area contributed by atoms with Gasteiger partial charge in [-0.1, -0.05) is 24.2 Å². The summed E-state index contributed by atoms with van der Waals surface area (Å²) in [6.07, 6.45) is 1.97. The fourth-order valence-electron chi connectivity index (χ4n) is 2.92. The SMILES string of the molecule is CC[C@H](NC(=O)N[C@@H]1CCc2c(F)cccc21)c1noc(C)n1. The second-order valence-electron chi connectivity index (χ2n) is 5.65. The predicted octanol–water partition coefficient (Wildman–Crippen LogP) is 2.95. The smallest absolute Gasteiger partial charge is 0.315 e. The van der Waals surface area contributed by atoms with E-state index < -0.39 is 0 Å². The van der Waals surface area contributed by atoms with E-state index >= 15 is 0 Å². The van der Waals surface area contributed by atoms with Crippen molar-refractivity contribution >= 4 is 6.03 Å². The number of nitrogens with one attached hydrogen (secondary N) is 2. The van der Waals surface area contributed by atoms with E-state index in [1.54, 1.807) is 13.0 Å². The maximum Gasteiger partial charge on any atom is 0.315 e. The van der Waals surface area contributed by atoms with Gasteiger partial charge in [-0.15, -0.1) is 0 Å². The highest BCUT2D eigenvalue weighted by Crippen LogP contribution is 2.32. The zero-order valence-corrected chi connectivity index (χ0v) is 13.1. The minimum Gasteiger partial charge on any atom is -0.340 e. The Bertz CT molecular complexity index is 716. The number of carbonyl (C=O) groups is 1. The average molecular weight is 318 g/mol. The van der Waals surface area contributed by atoms with Crippen LogP contribution in [0.25, 0.3) is 0 Å². The molecule has 1 heterocycles. The number of aryl methyl sites for hydroxylation is 1. The Morgan fingerprint density at radius 2 is 2.35 bits per heavy atom. The highest BCUT2D eigenvalue weighted by Gasteiger charge is 2.27. The van der Waals surface area contributed by atoms with Gasteiger partial charge in [-0.2, -0.15) is 4.98 Å². The number of carbonyl (C=O) groups excluding carboxylic acids is 1. The van der Waals surface area contributed by atoms with Crippen LogP contribution in [0.15, 0.2) is 22.7 Å².